The van der Waals surface area contributed by atoms with E-state index < -0.39 is 16.1 Å². The third-order valence-electron chi connectivity index (χ3n) is 5.59. The number of hydrogen-bond acceptors (Lipinski definition) is 4. The number of sulfonamides is 1. The number of hydrogen-bond donors (Lipinski definition) is 0. The third kappa shape index (κ3) is 3.40. The first kappa shape index (κ1) is 19.0. The van der Waals surface area contributed by atoms with Crippen LogP contribution in [0.5, 0.6) is 5.75 Å². The van der Waals surface area contributed by atoms with Crippen LogP contribution in [0.2, 0.25) is 0 Å². The Hall–Kier alpha value is -2.38. The zero-order valence-electron chi connectivity index (χ0n) is 16.1. The summed E-state index contributed by atoms with van der Waals surface area (Å²) in [6.07, 6.45) is 0.0520. The summed E-state index contributed by atoms with van der Waals surface area (Å²) in [4.78, 5) is 14.8. The second-order valence-electron chi connectivity index (χ2n) is 7.39. The van der Waals surface area contributed by atoms with Crippen molar-refractivity contribution in [1.29, 1.82) is 0 Å². The van der Waals surface area contributed by atoms with Gasteiger partial charge in [-0.1, -0.05) is 24.3 Å². The number of ether oxygens (including phenoxy) is 1. The molecule has 1 saturated heterocycles. The van der Waals surface area contributed by atoms with Gasteiger partial charge < -0.3 is 9.64 Å². The summed E-state index contributed by atoms with van der Waals surface area (Å²) in [6, 6.07) is 12.9. The third-order valence-corrected chi connectivity index (χ3v) is 7.48. The van der Waals surface area contributed by atoms with Crippen molar-refractivity contribution in [3.8, 4) is 5.75 Å². The molecular weight excluding hydrogens is 376 g/mol. The second kappa shape index (κ2) is 7.22. The molecule has 2 aromatic carbocycles. The van der Waals surface area contributed by atoms with Gasteiger partial charge in [0.15, 0.2) is 6.10 Å². The predicted octanol–water partition coefficient (Wildman–Crippen LogP) is 2.14. The van der Waals surface area contributed by atoms with E-state index in [1.165, 1.54) is 4.31 Å². The number of carbonyl (C=O) groups is 1. The number of amides is 1. The van der Waals surface area contributed by atoms with Crippen molar-refractivity contribution in [2.24, 2.45) is 0 Å². The molecule has 1 atom stereocenters. The highest BCUT2D eigenvalue weighted by Crippen LogP contribution is 2.29. The van der Waals surface area contributed by atoms with E-state index in [0.29, 0.717) is 37.5 Å². The Morgan fingerprint density at radius 2 is 1.71 bits per heavy atom. The number of fused-ring (bicyclic) bond motifs is 1. The number of para-hydroxylation sites is 1. The van der Waals surface area contributed by atoms with Crippen LogP contribution in [0, 0.1) is 13.8 Å². The minimum atomic E-state index is -3.55. The Bertz CT molecular complexity index is 986. The number of rotatable bonds is 3. The fraction of sp³-hybridized carbons (Fsp3) is 0.381. The standard InChI is InChI=1S/C21H24N2O4S/c1-15-7-8-18(13-16(15)2)28(25,26)23-11-9-22(10-12-23)21(24)20-14-17-5-3-4-6-19(17)27-20/h3-8,13,20H,9-12,14H2,1-2H3/t20-/m1/s1. The number of carbonyl (C=O) groups excluding carboxylic acids is 1. The van der Waals surface area contributed by atoms with Crippen molar-refractivity contribution in [1.82, 2.24) is 9.21 Å². The molecule has 0 bridgehead atoms. The molecule has 2 aliphatic rings. The van der Waals surface area contributed by atoms with Gasteiger partial charge in [-0.25, -0.2) is 8.42 Å². The van der Waals surface area contributed by atoms with E-state index in [9.17, 15) is 13.2 Å². The van der Waals surface area contributed by atoms with Gasteiger partial charge in [0.25, 0.3) is 5.91 Å². The van der Waals surface area contributed by atoms with Crippen LogP contribution >= 0.6 is 0 Å². The van der Waals surface area contributed by atoms with Gasteiger partial charge in [0.2, 0.25) is 10.0 Å². The first-order chi connectivity index (χ1) is 13.4. The molecule has 0 unspecified atom stereocenters. The van der Waals surface area contributed by atoms with Gasteiger partial charge in [-0.2, -0.15) is 4.31 Å². The van der Waals surface area contributed by atoms with Crippen LogP contribution in [-0.4, -0.2) is 55.8 Å². The Labute approximate surface area is 165 Å². The molecule has 0 aromatic heterocycles. The maximum absolute atomic E-state index is 12.9. The Balaban J connectivity index is 1.40. The average molecular weight is 401 g/mol. The van der Waals surface area contributed by atoms with Crippen molar-refractivity contribution >= 4 is 15.9 Å². The van der Waals surface area contributed by atoms with Crippen LogP contribution in [0.3, 0.4) is 0 Å². The maximum Gasteiger partial charge on any atom is 0.264 e. The van der Waals surface area contributed by atoms with Gasteiger partial charge in [-0.3, -0.25) is 4.79 Å². The van der Waals surface area contributed by atoms with Crippen LogP contribution < -0.4 is 4.74 Å². The van der Waals surface area contributed by atoms with Gasteiger partial charge in [-0.15, -0.1) is 0 Å². The van der Waals surface area contributed by atoms with Crippen molar-refractivity contribution in [2.75, 3.05) is 26.2 Å². The Morgan fingerprint density at radius 1 is 1.00 bits per heavy atom. The lowest BCUT2D eigenvalue weighted by molar-refractivity contribution is -0.139. The quantitative estimate of drug-likeness (QED) is 0.792. The van der Waals surface area contributed by atoms with Crippen LogP contribution in [0.15, 0.2) is 47.4 Å². The molecular formula is C21H24N2O4S. The van der Waals surface area contributed by atoms with Gasteiger partial charge in [-0.05, 0) is 48.7 Å². The van der Waals surface area contributed by atoms with E-state index in [2.05, 4.69) is 0 Å². The first-order valence-corrected chi connectivity index (χ1v) is 10.9. The van der Waals surface area contributed by atoms with E-state index in [1.54, 1.807) is 17.0 Å². The fourth-order valence-electron chi connectivity index (χ4n) is 3.70. The molecule has 148 valence electrons. The van der Waals surface area contributed by atoms with Crippen LogP contribution in [0.25, 0.3) is 0 Å². The highest BCUT2D eigenvalue weighted by molar-refractivity contribution is 7.89. The largest absolute Gasteiger partial charge is 0.480 e. The summed E-state index contributed by atoms with van der Waals surface area (Å²) in [6.45, 7) is 5.20. The fourth-order valence-corrected chi connectivity index (χ4v) is 5.20. The van der Waals surface area contributed by atoms with Crippen LogP contribution in [0.4, 0.5) is 0 Å². The summed E-state index contributed by atoms with van der Waals surface area (Å²) in [5, 5.41) is 0. The number of piperazine rings is 1. The van der Waals surface area contributed by atoms with E-state index in [-0.39, 0.29) is 5.91 Å². The molecule has 4 rings (SSSR count). The first-order valence-electron chi connectivity index (χ1n) is 9.47. The molecule has 1 fully saturated rings. The molecule has 2 heterocycles. The Morgan fingerprint density at radius 3 is 2.39 bits per heavy atom. The van der Waals surface area contributed by atoms with Crippen LogP contribution in [-0.2, 0) is 21.2 Å². The van der Waals surface area contributed by atoms with E-state index in [1.807, 2.05) is 44.2 Å². The van der Waals surface area contributed by atoms with E-state index in [0.717, 1.165) is 22.4 Å². The van der Waals surface area contributed by atoms with Crippen molar-refractivity contribution in [3.63, 3.8) is 0 Å². The van der Waals surface area contributed by atoms with E-state index in [4.69, 9.17) is 4.74 Å². The lowest BCUT2D eigenvalue weighted by Gasteiger charge is -2.35. The minimum absolute atomic E-state index is 0.0700. The van der Waals surface area contributed by atoms with Gasteiger partial charge in [0.05, 0.1) is 4.90 Å². The molecule has 0 aliphatic carbocycles. The maximum atomic E-state index is 12.9. The molecule has 7 heteroatoms. The predicted molar refractivity (Wildman–Crippen MR) is 106 cm³/mol. The minimum Gasteiger partial charge on any atom is -0.480 e. The molecule has 0 N–H and O–H groups in total. The monoisotopic (exact) mass is 400 g/mol. The zero-order valence-corrected chi connectivity index (χ0v) is 16.9. The molecule has 0 saturated carbocycles. The summed E-state index contributed by atoms with van der Waals surface area (Å²) in [5.41, 5.74) is 3.05. The SMILES string of the molecule is Cc1ccc(S(=O)(=O)N2CCN(C(=O)[C@H]3Cc4ccccc4O3)CC2)cc1C. The lowest BCUT2D eigenvalue weighted by atomic mass is 10.1. The lowest BCUT2D eigenvalue weighted by Crippen LogP contribution is -2.53. The smallest absolute Gasteiger partial charge is 0.264 e. The van der Waals surface area contributed by atoms with Gasteiger partial charge in [0.1, 0.15) is 5.75 Å². The van der Waals surface area contributed by atoms with Crippen molar-refractivity contribution < 1.29 is 17.9 Å². The number of aryl methyl sites for hydroxylation is 2. The molecule has 2 aromatic rings. The second-order valence-corrected chi connectivity index (χ2v) is 9.33. The Kier molecular flexibility index (Phi) is 4.89. The van der Waals surface area contributed by atoms with Crippen molar-refractivity contribution in [3.05, 3.63) is 59.2 Å². The van der Waals surface area contributed by atoms with Gasteiger partial charge in [0, 0.05) is 32.6 Å². The summed E-state index contributed by atoms with van der Waals surface area (Å²) in [5.74, 6) is 0.691. The molecule has 28 heavy (non-hydrogen) atoms. The van der Waals surface area contributed by atoms with Crippen LogP contribution in [0.1, 0.15) is 16.7 Å². The van der Waals surface area contributed by atoms with E-state index >= 15 is 0 Å². The summed E-state index contributed by atoms with van der Waals surface area (Å²) < 4.78 is 33.1. The molecule has 6 nitrogen and oxygen atoms in total. The number of nitrogens with zero attached hydrogens (tertiary/aromatic N) is 2. The average Bonchev–Trinajstić information content (AvgIpc) is 3.13. The molecule has 0 radical (unpaired) electrons. The molecule has 0 spiro atoms. The normalized spacial score (nSPS) is 19.9. The molecule has 2 aliphatic heterocycles. The highest BCUT2D eigenvalue weighted by Gasteiger charge is 2.36. The van der Waals surface area contributed by atoms with Gasteiger partial charge >= 0.3 is 0 Å². The van der Waals surface area contributed by atoms with Crippen molar-refractivity contribution in [2.45, 2.75) is 31.3 Å². The highest BCUT2D eigenvalue weighted by atomic mass is 32.2. The number of benzene rings is 2. The summed E-state index contributed by atoms with van der Waals surface area (Å²) in [7, 11) is -3.55. The summed E-state index contributed by atoms with van der Waals surface area (Å²) >= 11 is 0. The topological polar surface area (TPSA) is 66.9 Å². The molecule has 1 amide bonds. The zero-order chi connectivity index (χ0) is 19.9.